The Bertz CT molecular complexity index is 325. The van der Waals surface area contributed by atoms with Crippen LogP contribution in [-0.2, 0) is 10.2 Å². The summed E-state index contributed by atoms with van der Waals surface area (Å²) in [5.41, 5.74) is 1.48. The Morgan fingerprint density at radius 1 is 1.38 bits per heavy atom. The molecule has 0 aliphatic heterocycles. The number of rotatable bonds is 6. The van der Waals surface area contributed by atoms with E-state index >= 15 is 0 Å². The van der Waals surface area contributed by atoms with Crippen molar-refractivity contribution in [1.82, 2.24) is 5.32 Å². The summed E-state index contributed by atoms with van der Waals surface area (Å²) in [5, 5.41) is 3.40. The molecule has 0 radical (unpaired) electrons. The van der Waals surface area contributed by atoms with Crippen LogP contribution in [0.5, 0.6) is 0 Å². The number of hydrogen-bond acceptors (Lipinski definition) is 2. The van der Waals surface area contributed by atoms with Gasteiger partial charge in [0.15, 0.2) is 0 Å². The molecule has 90 valence electrons. The zero-order chi connectivity index (χ0) is 12.0. The van der Waals surface area contributed by atoms with Crippen molar-refractivity contribution >= 4 is 15.9 Å². The first-order chi connectivity index (χ1) is 7.56. The van der Waals surface area contributed by atoms with Crippen molar-refractivity contribution in [2.75, 3.05) is 26.8 Å². The average molecular weight is 286 g/mol. The summed E-state index contributed by atoms with van der Waals surface area (Å²) in [6.45, 7) is 7.10. The third kappa shape index (κ3) is 4.24. The largest absolute Gasteiger partial charge is 0.383 e. The van der Waals surface area contributed by atoms with Crippen molar-refractivity contribution < 1.29 is 4.74 Å². The van der Waals surface area contributed by atoms with E-state index in [0.29, 0.717) is 0 Å². The zero-order valence-corrected chi connectivity index (χ0v) is 11.8. The van der Waals surface area contributed by atoms with Gasteiger partial charge in [-0.25, -0.2) is 0 Å². The van der Waals surface area contributed by atoms with E-state index < -0.39 is 0 Å². The molecule has 1 aromatic rings. The van der Waals surface area contributed by atoms with Gasteiger partial charge >= 0.3 is 0 Å². The highest BCUT2D eigenvalue weighted by Gasteiger charge is 2.19. The van der Waals surface area contributed by atoms with Gasteiger partial charge < -0.3 is 10.1 Å². The highest BCUT2D eigenvalue weighted by atomic mass is 79.9. The van der Waals surface area contributed by atoms with Crippen LogP contribution in [0.4, 0.5) is 0 Å². The minimum Gasteiger partial charge on any atom is -0.383 e. The summed E-state index contributed by atoms with van der Waals surface area (Å²) < 4.78 is 6.15. The molecule has 0 bridgehead atoms. The second-order valence-corrected chi connectivity index (χ2v) is 5.48. The lowest BCUT2D eigenvalue weighted by Crippen LogP contribution is -2.34. The van der Waals surface area contributed by atoms with Gasteiger partial charge in [-0.1, -0.05) is 41.9 Å². The molecule has 1 rings (SSSR count). The molecule has 0 atom stereocenters. The van der Waals surface area contributed by atoms with Crippen LogP contribution in [0.1, 0.15) is 19.4 Å². The number of hydrogen-bond donors (Lipinski definition) is 1. The SMILES string of the molecule is COCCNCC(C)(C)c1cccc(Br)c1. The zero-order valence-electron chi connectivity index (χ0n) is 10.2. The molecule has 0 heterocycles. The molecule has 0 aliphatic rings. The molecule has 0 spiro atoms. The Labute approximate surface area is 107 Å². The topological polar surface area (TPSA) is 21.3 Å². The lowest BCUT2D eigenvalue weighted by molar-refractivity contribution is 0.197. The maximum absolute atomic E-state index is 5.01. The molecule has 0 saturated heterocycles. The Kier molecular flexibility index (Phi) is 5.46. The second-order valence-electron chi connectivity index (χ2n) is 4.56. The van der Waals surface area contributed by atoms with E-state index in [-0.39, 0.29) is 5.41 Å². The van der Waals surface area contributed by atoms with Crippen molar-refractivity contribution in [2.45, 2.75) is 19.3 Å². The summed E-state index contributed by atoms with van der Waals surface area (Å²) in [4.78, 5) is 0. The summed E-state index contributed by atoms with van der Waals surface area (Å²) in [6.07, 6.45) is 0. The molecule has 0 unspecified atom stereocenters. The molecule has 1 N–H and O–H groups in total. The van der Waals surface area contributed by atoms with Gasteiger partial charge in [0.25, 0.3) is 0 Å². The van der Waals surface area contributed by atoms with E-state index in [1.54, 1.807) is 7.11 Å². The molecule has 0 saturated carbocycles. The normalized spacial score (nSPS) is 11.8. The third-order valence-corrected chi connectivity index (χ3v) is 3.15. The Balaban J connectivity index is 2.55. The minimum atomic E-state index is 0.136. The second kappa shape index (κ2) is 6.38. The first kappa shape index (κ1) is 13.7. The smallest absolute Gasteiger partial charge is 0.0587 e. The van der Waals surface area contributed by atoms with Gasteiger partial charge in [-0.2, -0.15) is 0 Å². The Morgan fingerprint density at radius 3 is 2.75 bits per heavy atom. The number of halogens is 1. The van der Waals surface area contributed by atoms with Gasteiger partial charge in [0.1, 0.15) is 0 Å². The van der Waals surface area contributed by atoms with Crippen LogP contribution in [0.15, 0.2) is 28.7 Å². The average Bonchev–Trinajstić information content (AvgIpc) is 2.24. The summed E-state index contributed by atoms with van der Waals surface area (Å²) >= 11 is 3.51. The molecule has 0 fully saturated rings. The number of methoxy groups -OCH3 is 1. The van der Waals surface area contributed by atoms with Gasteiger partial charge in [0.2, 0.25) is 0 Å². The standard InChI is InChI=1S/C13H20BrNO/c1-13(2,10-15-7-8-16-3)11-5-4-6-12(14)9-11/h4-6,9,15H,7-8,10H2,1-3H3. The molecule has 2 nitrogen and oxygen atoms in total. The quantitative estimate of drug-likeness (QED) is 0.812. The molecular weight excluding hydrogens is 266 g/mol. The molecule has 0 aliphatic carbocycles. The van der Waals surface area contributed by atoms with E-state index in [1.165, 1.54) is 5.56 Å². The van der Waals surface area contributed by atoms with E-state index in [0.717, 1.165) is 24.2 Å². The lowest BCUT2D eigenvalue weighted by atomic mass is 9.85. The van der Waals surface area contributed by atoms with Crippen LogP contribution in [-0.4, -0.2) is 26.8 Å². The summed E-state index contributed by atoms with van der Waals surface area (Å²) in [6, 6.07) is 8.48. The monoisotopic (exact) mass is 285 g/mol. The Morgan fingerprint density at radius 2 is 2.12 bits per heavy atom. The molecule has 0 amide bonds. The van der Waals surface area contributed by atoms with Crippen molar-refractivity contribution in [3.63, 3.8) is 0 Å². The summed E-state index contributed by atoms with van der Waals surface area (Å²) in [7, 11) is 1.72. The molecule has 1 aromatic carbocycles. The predicted molar refractivity (Wildman–Crippen MR) is 71.9 cm³/mol. The van der Waals surface area contributed by atoms with Crippen LogP contribution in [0.3, 0.4) is 0 Å². The maximum atomic E-state index is 5.01. The predicted octanol–water partition coefficient (Wildman–Crippen LogP) is 2.96. The first-order valence-electron chi connectivity index (χ1n) is 5.52. The van der Waals surface area contributed by atoms with Gasteiger partial charge in [0, 0.05) is 30.1 Å². The number of ether oxygens (including phenoxy) is 1. The highest BCUT2D eigenvalue weighted by Crippen LogP contribution is 2.24. The van der Waals surface area contributed by atoms with Crippen LogP contribution >= 0.6 is 15.9 Å². The van der Waals surface area contributed by atoms with E-state index in [9.17, 15) is 0 Å². The highest BCUT2D eigenvalue weighted by molar-refractivity contribution is 9.10. The van der Waals surface area contributed by atoms with Crippen LogP contribution in [0, 0.1) is 0 Å². The van der Waals surface area contributed by atoms with Gasteiger partial charge in [-0.3, -0.25) is 0 Å². The molecule has 3 heteroatoms. The van der Waals surface area contributed by atoms with Gasteiger partial charge in [0.05, 0.1) is 6.61 Å². The summed E-state index contributed by atoms with van der Waals surface area (Å²) in [5.74, 6) is 0. The molecule has 0 aromatic heterocycles. The maximum Gasteiger partial charge on any atom is 0.0587 e. The fourth-order valence-electron chi connectivity index (χ4n) is 1.59. The number of benzene rings is 1. The van der Waals surface area contributed by atoms with Crippen LogP contribution < -0.4 is 5.32 Å². The van der Waals surface area contributed by atoms with Crippen LogP contribution in [0.2, 0.25) is 0 Å². The van der Waals surface area contributed by atoms with E-state index in [4.69, 9.17) is 4.74 Å². The van der Waals surface area contributed by atoms with Gasteiger partial charge in [-0.05, 0) is 17.7 Å². The molecular formula is C13H20BrNO. The lowest BCUT2D eigenvalue weighted by Gasteiger charge is -2.26. The van der Waals surface area contributed by atoms with E-state index in [2.05, 4.69) is 59.4 Å². The van der Waals surface area contributed by atoms with Crippen molar-refractivity contribution in [3.8, 4) is 0 Å². The van der Waals surface area contributed by atoms with E-state index in [1.807, 2.05) is 0 Å². The van der Waals surface area contributed by atoms with Crippen LogP contribution in [0.25, 0.3) is 0 Å². The fourth-order valence-corrected chi connectivity index (χ4v) is 1.99. The van der Waals surface area contributed by atoms with Crippen molar-refractivity contribution in [1.29, 1.82) is 0 Å². The van der Waals surface area contributed by atoms with Crippen molar-refractivity contribution in [2.24, 2.45) is 0 Å². The first-order valence-corrected chi connectivity index (χ1v) is 6.31. The number of nitrogens with one attached hydrogen (secondary N) is 1. The minimum absolute atomic E-state index is 0.136. The molecule has 16 heavy (non-hydrogen) atoms. The van der Waals surface area contributed by atoms with Gasteiger partial charge in [-0.15, -0.1) is 0 Å². The fraction of sp³-hybridized carbons (Fsp3) is 0.538. The third-order valence-electron chi connectivity index (χ3n) is 2.66. The van der Waals surface area contributed by atoms with Crippen molar-refractivity contribution in [3.05, 3.63) is 34.3 Å². The Hall–Kier alpha value is -0.380.